The van der Waals surface area contributed by atoms with E-state index in [-0.39, 0.29) is 36.0 Å². The van der Waals surface area contributed by atoms with Gasteiger partial charge in [0.25, 0.3) is 0 Å². The van der Waals surface area contributed by atoms with Crippen LogP contribution in [0.25, 0.3) is 0 Å². The molecule has 1 heterocycles. The van der Waals surface area contributed by atoms with Crippen molar-refractivity contribution in [3.63, 3.8) is 0 Å². The summed E-state index contributed by atoms with van der Waals surface area (Å²) in [6, 6.07) is 0. The molecule has 0 unspecified atom stereocenters. The molecule has 0 fully saturated rings. The fourth-order valence-corrected chi connectivity index (χ4v) is 4.36. The normalized spacial score (nSPS) is 24.9. The minimum absolute atomic E-state index is 0.101. The highest BCUT2D eigenvalue weighted by Gasteiger charge is 2.23. The molecular weight excluding hydrogens is 504 g/mol. The molecule has 6 heteroatoms. The van der Waals surface area contributed by atoms with E-state index >= 15 is 0 Å². The van der Waals surface area contributed by atoms with E-state index < -0.39 is 12.2 Å². The molecule has 0 amide bonds. The van der Waals surface area contributed by atoms with E-state index in [0.717, 1.165) is 23.1 Å². The molecule has 6 nitrogen and oxygen atoms in total. The molecule has 0 aliphatic carbocycles. The van der Waals surface area contributed by atoms with Crippen molar-refractivity contribution in [3.05, 3.63) is 71.4 Å². The number of hydrogen-bond acceptors (Lipinski definition) is 6. The van der Waals surface area contributed by atoms with Crippen LogP contribution in [-0.4, -0.2) is 46.6 Å². The summed E-state index contributed by atoms with van der Waals surface area (Å²) in [5.41, 5.74) is 2.98. The van der Waals surface area contributed by atoms with Gasteiger partial charge in [0.15, 0.2) is 0 Å². The molecule has 0 spiro atoms. The van der Waals surface area contributed by atoms with E-state index in [9.17, 15) is 19.8 Å². The third kappa shape index (κ3) is 16.4. The third-order valence-corrected chi connectivity index (χ3v) is 6.82. The number of ether oxygens (including phenoxy) is 2. The minimum Gasteiger partial charge on any atom is -0.462 e. The standard InChI is InChI=1S/C34H52O6/c1-24(2)31-15-9-8-14-28(6)32(16-11-17-33(37)39-31)40-34(38)21-19-27(5)22-26(4)13-10-12-25(3)18-20-30(36)23-29(7)35/h8-10,12-13,18-19,21-22,24,28-32,35-36H,11,14-17,20,23H2,1-7H3/b9-8-,12-10+,21-19+,25-18+,26-13+,27-22+/t28-,29-,30-,31+,32-/m0/s1. The number of allylic oxidation sites excluding steroid dienone is 9. The van der Waals surface area contributed by atoms with E-state index in [1.807, 2.05) is 51.2 Å². The highest BCUT2D eigenvalue weighted by Crippen LogP contribution is 2.22. The van der Waals surface area contributed by atoms with Gasteiger partial charge in [-0.25, -0.2) is 4.79 Å². The van der Waals surface area contributed by atoms with Crippen LogP contribution in [0.3, 0.4) is 0 Å². The number of aliphatic hydroxyl groups is 2. The zero-order valence-corrected chi connectivity index (χ0v) is 25.6. The Kier molecular flexibility index (Phi) is 17.1. The van der Waals surface area contributed by atoms with Crippen LogP contribution < -0.4 is 0 Å². The fourth-order valence-electron chi connectivity index (χ4n) is 4.36. The number of carbonyl (C=O) groups excluding carboxylic acids is 2. The summed E-state index contributed by atoms with van der Waals surface area (Å²) in [5.74, 6) is -0.165. The molecule has 0 bridgehead atoms. The first-order valence-electron chi connectivity index (χ1n) is 14.7. The predicted molar refractivity (Wildman–Crippen MR) is 162 cm³/mol. The van der Waals surface area contributed by atoms with Gasteiger partial charge in [-0.15, -0.1) is 0 Å². The van der Waals surface area contributed by atoms with Crippen LogP contribution >= 0.6 is 0 Å². The molecular formula is C34H52O6. The lowest BCUT2D eigenvalue weighted by atomic mass is 9.94. The monoisotopic (exact) mass is 556 g/mol. The van der Waals surface area contributed by atoms with Gasteiger partial charge in [-0.05, 0) is 71.6 Å². The topological polar surface area (TPSA) is 93.1 Å². The van der Waals surface area contributed by atoms with E-state index in [2.05, 4.69) is 32.9 Å². The number of hydrogen-bond donors (Lipinski definition) is 2. The van der Waals surface area contributed by atoms with Gasteiger partial charge in [0.1, 0.15) is 12.2 Å². The first-order chi connectivity index (χ1) is 18.9. The van der Waals surface area contributed by atoms with Crippen molar-refractivity contribution in [2.75, 3.05) is 0 Å². The van der Waals surface area contributed by atoms with Crippen molar-refractivity contribution in [2.45, 2.75) is 118 Å². The number of esters is 2. The van der Waals surface area contributed by atoms with Crippen LogP contribution in [0.1, 0.15) is 93.4 Å². The zero-order chi connectivity index (χ0) is 30.1. The number of carbonyl (C=O) groups is 2. The second-order valence-corrected chi connectivity index (χ2v) is 11.5. The summed E-state index contributed by atoms with van der Waals surface area (Å²) in [6.07, 6.45) is 19.7. The summed E-state index contributed by atoms with van der Waals surface area (Å²) < 4.78 is 11.5. The summed E-state index contributed by atoms with van der Waals surface area (Å²) in [6.45, 7) is 13.8. The van der Waals surface area contributed by atoms with Gasteiger partial charge in [0, 0.05) is 18.9 Å². The van der Waals surface area contributed by atoms with Gasteiger partial charge < -0.3 is 19.7 Å². The van der Waals surface area contributed by atoms with E-state index in [4.69, 9.17) is 9.47 Å². The molecule has 0 aromatic heterocycles. The quantitative estimate of drug-likeness (QED) is 0.122. The van der Waals surface area contributed by atoms with Crippen LogP contribution in [-0.2, 0) is 19.1 Å². The van der Waals surface area contributed by atoms with E-state index in [0.29, 0.717) is 38.5 Å². The molecule has 1 aliphatic rings. The maximum atomic E-state index is 12.6. The second-order valence-electron chi connectivity index (χ2n) is 11.5. The highest BCUT2D eigenvalue weighted by molar-refractivity contribution is 5.82. The van der Waals surface area contributed by atoms with Crippen molar-refractivity contribution < 1.29 is 29.3 Å². The summed E-state index contributed by atoms with van der Waals surface area (Å²) >= 11 is 0. The zero-order valence-electron chi connectivity index (χ0n) is 25.6. The molecule has 2 N–H and O–H groups in total. The Hall–Kier alpha value is -2.70. The first kappa shape index (κ1) is 35.3. The van der Waals surface area contributed by atoms with Gasteiger partial charge in [0.05, 0.1) is 12.2 Å². The maximum absolute atomic E-state index is 12.6. The number of cyclic esters (lactones) is 1. The fraction of sp³-hybridized carbons (Fsp3) is 0.588. The van der Waals surface area contributed by atoms with Crippen LogP contribution in [0.15, 0.2) is 71.4 Å². The van der Waals surface area contributed by atoms with Gasteiger partial charge in [-0.3, -0.25) is 4.79 Å². The Bertz CT molecular complexity index is 963. The first-order valence-corrected chi connectivity index (χ1v) is 14.7. The van der Waals surface area contributed by atoms with Crippen LogP contribution in [0.4, 0.5) is 0 Å². The molecule has 40 heavy (non-hydrogen) atoms. The van der Waals surface area contributed by atoms with Gasteiger partial charge >= 0.3 is 11.9 Å². The predicted octanol–water partition coefficient (Wildman–Crippen LogP) is 7.10. The number of rotatable bonds is 11. The van der Waals surface area contributed by atoms with E-state index in [1.54, 1.807) is 13.0 Å². The van der Waals surface area contributed by atoms with Crippen molar-refractivity contribution in [2.24, 2.45) is 11.8 Å². The Morgan fingerprint density at radius 2 is 1.75 bits per heavy atom. The Morgan fingerprint density at radius 1 is 1.05 bits per heavy atom. The molecule has 0 aromatic rings. The summed E-state index contributed by atoms with van der Waals surface area (Å²) in [4.78, 5) is 24.9. The maximum Gasteiger partial charge on any atom is 0.331 e. The Labute approximate surface area is 242 Å². The lowest BCUT2D eigenvalue weighted by Crippen LogP contribution is -2.26. The molecule has 0 saturated heterocycles. The highest BCUT2D eigenvalue weighted by atomic mass is 16.5. The smallest absolute Gasteiger partial charge is 0.331 e. The third-order valence-electron chi connectivity index (χ3n) is 6.82. The molecule has 0 saturated carbocycles. The molecule has 0 aromatic carbocycles. The average Bonchev–Trinajstić information content (AvgIpc) is 2.86. The summed E-state index contributed by atoms with van der Waals surface area (Å²) in [7, 11) is 0. The van der Waals surface area contributed by atoms with Crippen LogP contribution in [0.2, 0.25) is 0 Å². The second kappa shape index (κ2) is 19.4. The molecule has 1 aliphatic heterocycles. The summed E-state index contributed by atoms with van der Waals surface area (Å²) in [5, 5.41) is 19.2. The number of aliphatic hydroxyl groups excluding tert-OH is 2. The average molecular weight is 557 g/mol. The van der Waals surface area contributed by atoms with Gasteiger partial charge in [-0.1, -0.05) is 86.1 Å². The minimum atomic E-state index is -0.545. The molecule has 0 radical (unpaired) electrons. The van der Waals surface area contributed by atoms with Crippen LogP contribution in [0, 0.1) is 11.8 Å². The van der Waals surface area contributed by atoms with Crippen molar-refractivity contribution in [3.8, 4) is 0 Å². The van der Waals surface area contributed by atoms with Crippen molar-refractivity contribution in [1.82, 2.24) is 0 Å². The SMILES string of the molecule is CC(=C\C=C\C(C)=C\C[C@H](O)C[C@H](C)O)/C=C(C)/C=C/C(=O)O[C@H]1CCCC(=O)O[C@@H](C(C)C)C/C=C\C[C@@H]1C. The molecule has 224 valence electrons. The van der Waals surface area contributed by atoms with Crippen molar-refractivity contribution in [1.29, 1.82) is 0 Å². The molecule has 1 rings (SSSR count). The van der Waals surface area contributed by atoms with Gasteiger partial charge in [0.2, 0.25) is 0 Å². The largest absolute Gasteiger partial charge is 0.462 e. The molecule has 5 atom stereocenters. The van der Waals surface area contributed by atoms with Gasteiger partial charge in [-0.2, -0.15) is 0 Å². The van der Waals surface area contributed by atoms with E-state index in [1.165, 1.54) is 6.08 Å². The van der Waals surface area contributed by atoms with Crippen LogP contribution in [0.5, 0.6) is 0 Å². The van der Waals surface area contributed by atoms with Crippen molar-refractivity contribution >= 4 is 11.9 Å². The Balaban J connectivity index is 2.69. The lowest BCUT2D eigenvalue weighted by Gasteiger charge is -2.24. The Morgan fingerprint density at radius 3 is 2.42 bits per heavy atom. The lowest BCUT2D eigenvalue weighted by molar-refractivity contribution is -0.151.